The first-order valence-electron chi connectivity index (χ1n) is 4.20. The van der Waals surface area contributed by atoms with E-state index >= 15 is 0 Å². The van der Waals surface area contributed by atoms with E-state index in [-0.39, 0.29) is 18.8 Å². The Morgan fingerprint density at radius 2 is 1.69 bits per heavy atom. The zero-order valence-corrected chi connectivity index (χ0v) is 7.69. The molecule has 0 unspecified atom stereocenters. The van der Waals surface area contributed by atoms with Crippen molar-refractivity contribution < 1.29 is 8.78 Å². The van der Waals surface area contributed by atoms with Crippen molar-refractivity contribution in [2.75, 3.05) is 0 Å². The average Bonchev–Trinajstić information content (AvgIpc) is 2.01. The van der Waals surface area contributed by atoms with Gasteiger partial charge in [-0.3, -0.25) is 0 Å². The smallest absolute Gasteiger partial charge is 0.207 e. The first-order chi connectivity index (χ1) is 6.07. The topological polar surface area (TPSA) is 0 Å². The summed E-state index contributed by atoms with van der Waals surface area (Å²) in [5.41, 5.74) is 0.968. The molecule has 2 rings (SSSR count). The summed E-state index contributed by atoms with van der Waals surface area (Å²) < 4.78 is 25.1. The Morgan fingerprint density at radius 3 is 2.15 bits per heavy atom. The highest BCUT2D eigenvalue weighted by atomic mass is 35.5. The van der Waals surface area contributed by atoms with Crippen LogP contribution in [0.25, 0.3) is 0 Å². The number of hydrogen-bond acceptors (Lipinski definition) is 0. The number of halogens is 3. The molecule has 1 aromatic carbocycles. The Hall–Kier alpha value is -0.630. The molecule has 0 N–H and O–H groups in total. The van der Waals surface area contributed by atoms with Crippen LogP contribution in [0.2, 0.25) is 5.02 Å². The van der Waals surface area contributed by atoms with Crippen LogP contribution >= 0.6 is 11.6 Å². The van der Waals surface area contributed by atoms with Crippen molar-refractivity contribution in [3.8, 4) is 0 Å². The Bertz CT molecular complexity index is 297. The molecule has 0 atom stereocenters. The predicted molar refractivity (Wildman–Crippen MR) is 48.4 cm³/mol. The van der Waals surface area contributed by atoms with E-state index in [1.165, 1.54) is 0 Å². The monoisotopic (exact) mass is 202 g/mol. The zero-order chi connectivity index (χ0) is 9.47. The van der Waals surface area contributed by atoms with Gasteiger partial charge >= 0.3 is 0 Å². The van der Waals surface area contributed by atoms with Crippen molar-refractivity contribution in [2.24, 2.45) is 0 Å². The molecule has 1 fully saturated rings. The largest absolute Gasteiger partial charge is 0.249 e. The molecule has 70 valence electrons. The van der Waals surface area contributed by atoms with Gasteiger partial charge < -0.3 is 0 Å². The van der Waals surface area contributed by atoms with E-state index in [4.69, 9.17) is 11.6 Å². The van der Waals surface area contributed by atoms with Gasteiger partial charge in [0.2, 0.25) is 5.92 Å². The second-order valence-electron chi connectivity index (χ2n) is 3.51. The molecule has 0 spiro atoms. The summed E-state index contributed by atoms with van der Waals surface area (Å²) in [6.45, 7) is 0. The number of rotatable bonds is 1. The van der Waals surface area contributed by atoms with Gasteiger partial charge in [0, 0.05) is 17.9 Å². The zero-order valence-electron chi connectivity index (χ0n) is 6.93. The highest BCUT2D eigenvalue weighted by molar-refractivity contribution is 6.30. The van der Waals surface area contributed by atoms with Gasteiger partial charge in [0.25, 0.3) is 0 Å². The summed E-state index contributed by atoms with van der Waals surface area (Å²) in [5, 5.41) is 0.648. The maximum Gasteiger partial charge on any atom is 0.249 e. The molecule has 1 aliphatic carbocycles. The Balaban J connectivity index is 2.08. The lowest BCUT2D eigenvalue weighted by atomic mass is 9.77. The third-order valence-electron chi connectivity index (χ3n) is 2.43. The van der Waals surface area contributed by atoms with E-state index < -0.39 is 5.92 Å². The molecule has 0 bridgehead atoms. The van der Waals surface area contributed by atoms with Crippen molar-refractivity contribution in [1.82, 2.24) is 0 Å². The molecule has 0 heterocycles. The summed E-state index contributed by atoms with van der Waals surface area (Å²) in [4.78, 5) is 0. The van der Waals surface area contributed by atoms with Crippen LogP contribution in [0.3, 0.4) is 0 Å². The minimum absolute atomic E-state index is 0.0192. The number of benzene rings is 1. The lowest BCUT2D eigenvalue weighted by molar-refractivity contribution is -0.0867. The Morgan fingerprint density at radius 1 is 1.15 bits per heavy atom. The van der Waals surface area contributed by atoms with Crippen LogP contribution in [0.1, 0.15) is 24.3 Å². The fourth-order valence-electron chi connectivity index (χ4n) is 1.63. The normalized spacial score (nSPS) is 21.2. The summed E-state index contributed by atoms with van der Waals surface area (Å²) in [6.07, 6.45) is -0.0384. The van der Waals surface area contributed by atoms with Gasteiger partial charge in [-0.05, 0) is 23.6 Å². The van der Waals surface area contributed by atoms with E-state index in [1.807, 2.05) is 12.1 Å². The second kappa shape index (κ2) is 2.95. The molecule has 0 aromatic heterocycles. The molecule has 0 saturated heterocycles. The van der Waals surface area contributed by atoms with Crippen molar-refractivity contribution in [2.45, 2.75) is 24.7 Å². The van der Waals surface area contributed by atoms with Crippen LogP contribution in [-0.4, -0.2) is 5.92 Å². The van der Waals surface area contributed by atoms with Gasteiger partial charge in [-0.15, -0.1) is 0 Å². The SMILES string of the molecule is FC1(F)CC(c2ccc(Cl)cc2)C1. The minimum atomic E-state index is -2.44. The van der Waals surface area contributed by atoms with E-state index in [0.717, 1.165) is 5.56 Å². The van der Waals surface area contributed by atoms with E-state index in [0.29, 0.717) is 5.02 Å². The van der Waals surface area contributed by atoms with Crippen molar-refractivity contribution >= 4 is 11.6 Å². The maximum absolute atomic E-state index is 12.5. The van der Waals surface area contributed by atoms with Crippen LogP contribution in [-0.2, 0) is 0 Å². The lowest BCUT2D eigenvalue weighted by Gasteiger charge is -2.35. The summed E-state index contributed by atoms with van der Waals surface area (Å²) >= 11 is 5.69. The van der Waals surface area contributed by atoms with E-state index in [9.17, 15) is 8.78 Å². The Kier molecular flexibility index (Phi) is 2.03. The molecule has 0 radical (unpaired) electrons. The van der Waals surface area contributed by atoms with Gasteiger partial charge in [0.05, 0.1) is 0 Å². The van der Waals surface area contributed by atoms with Crippen LogP contribution in [0.4, 0.5) is 8.78 Å². The summed E-state index contributed by atoms with van der Waals surface area (Å²) in [5.74, 6) is -2.42. The van der Waals surface area contributed by atoms with Crippen molar-refractivity contribution in [1.29, 1.82) is 0 Å². The van der Waals surface area contributed by atoms with Gasteiger partial charge in [0.15, 0.2) is 0 Å². The summed E-state index contributed by atoms with van der Waals surface area (Å²) in [6, 6.07) is 7.13. The quantitative estimate of drug-likeness (QED) is 0.649. The van der Waals surface area contributed by atoms with Crippen LogP contribution in [0, 0.1) is 0 Å². The van der Waals surface area contributed by atoms with Gasteiger partial charge in [0.1, 0.15) is 0 Å². The fraction of sp³-hybridized carbons (Fsp3) is 0.400. The van der Waals surface area contributed by atoms with Crippen LogP contribution in [0.15, 0.2) is 24.3 Å². The molecule has 1 aliphatic rings. The maximum atomic E-state index is 12.5. The van der Waals surface area contributed by atoms with Gasteiger partial charge in [-0.25, -0.2) is 8.78 Å². The van der Waals surface area contributed by atoms with Gasteiger partial charge in [-0.1, -0.05) is 23.7 Å². The molecule has 0 aliphatic heterocycles. The highest BCUT2D eigenvalue weighted by Crippen LogP contribution is 2.48. The molecule has 1 saturated carbocycles. The first kappa shape index (κ1) is 8.95. The molecule has 0 amide bonds. The predicted octanol–water partition coefficient (Wildman–Crippen LogP) is 3.85. The van der Waals surface area contributed by atoms with E-state index in [2.05, 4.69) is 0 Å². The average molecular weight is 203 g/mol. The third kappa shape index (κ3) is 1.83. The molecule has 1 aromatic rings. The van der Waals surface area contributed by atoms with Crippen LogP contribution in [0.5, 0.6) is 0 Å². The lowest BCUT2D eigenvalue weighted by Crippen LogP contribution is -2.33. The molecule has 13 heavy (non-hydrogen) atoms. The fourth-order valence-corrected chi connectivity index (χ4v) is 1.76. The molecular formula is C10H9ClF2. The molecular weight excluding hydrogens is 194 g/mol. The first-order valence-corrected chi connectivity index (χ1v) is 4.58. The summed E-state index contributed by atoms with van der Waals surface area (Å²) in [7, 11) is 0. The van der Waals surface area contributed by atoms with Gasteiger partial charge in [-0.2, -0.15) is 0 Å². The van der Waals surface area contributed by atoms with Crippen molar-refractivity contribution in [3.63, 3.8) is 0 Å². The third-order valence-corrected chi connectivity index (χ3v) is 2.68. The second-order valence-corrected chi connectivity index (χ2v) is 3.95. The molecule has 0 nitrogen and oxygen atoms in total. The highest BCUT2D eigenvalue weighted by Gasteiger charge is 2.45. The Labute approximate surface area is 80.5 Å². The van der Waals surface area contributed by atoms with E-state index in [1.54, 1.807) is 12.1 Å². The number of hydrogen-bond donors (Lipinski definition) is 0. The minimum Gasteiger partial charge on any atom is -0.207 e. The van der Waals surface area contributed by atoms with Crippen molar-refractivity contribution in [3.05, 3.63) is 34.9 Å². The number of alkyl halides is 2. The standard InChI is InChI=1S/C10H9ClF2/c11-9-3-1-7(2-4-9)8-5-10(12,13)6-8/h1-4,8H,5-6H2. The van der Waals surface area contributed by atoms with Crippen LogP contribution < -0.4 is 0 Å². The molecule has 3 heteroatoms.